The molecule has 1 N–H and O–H groups in total. The van der Waals surface area contributed by atoms with Gasteiger partial charge in [-0.15, -0.1) is 0 Å². The fourth-order valence-electron chi connectivity index (χ4n) is 1.87. The molecule has 2 nitrogen and oxygen atoms in total. The SMILES string of the molecule is CCCCCOc1cccc(Cl)c1CNCC(C)C. The number of halogens is 1. The van der Waals surface area contributed by atoms with Gasteiger partial charge in [0.05, 0.1) is 6.61 Å². The summed E-state index contributed by atoms with van der Waals surface area (Å²) >= 11 is 6.26. The molecule has 0 aliphatic rings. The van der Waals surface area contributed by atoms with Gasteiger partial charge in [-0.3, -0.25) is 0 Å². The Morgan fingerprint density at radius 1 is 1.26 bits per heavy atom. The van der Waals surface area contributed by atoms with Crippen LogP contribution in [0.15, 0.2) is 18.2 Å². The zero-order chi connectivity index (χ0) is 14.1. The molecule has 1 rings (SSSR count). The molecule has 1 aromatic carbocycles. The molecule has 0 heterocycles. The third kappa shape index (κ3) is 6.31. The summed E-state index contributed by atoms with van der Waals surface area (Å²) in [7, 11) is 0. The van der Waals surface area contributed by atoms with E-state index in [-0.39, 0.29) is 0 Å². The number of benzene rings is 1. The van der Waals surface area contributed by atoms with Crippen LogP contribution in [0.4, 0.5) is 0 Å². The molecule has 0 aliphatic carbocycles. The highest BCUT2D eigenvalue weighted by Crippen LogP contribution is 2.26. The van der Waals surface area contributed by atoms with Crippen LogP contribution < -0.4 is 10.1 Å². The van der Waals surface area contributed by atoms with E-state index in [0.29, 0.717) is 5.92 Å². The van der Waals surface area contributed by atoms with E-state index in [9.17, 15) is 0 Å². The summed E-state index contributed by atoms with van der Waals surface area (Å²) < 4.78 is 5.85. The van der Waals surface area contributed by atoms with Gasteiger partial charge in [-0.05, 0) is 31.0 Å². The first-order valence-electron chi connectivity index (χ1n) is 7.26. The van der Waals surface area contributed by atoms with Gasteiger partial charge >= 0.3 is 0 Å². The van der Waals surface area contributed by atoms with Crippen LogP contribution in [0.1, 0.15) is 45.6 Å². The van der Waals surface area contributed by atoms with Gasteiger partial charge in [-0.2, -0.15) is 0 Å². The fraction of sp³-hybridized carbons (Fsp3) is 0.625. The molecule has 1 aromatic rings. The molecule has 0 atom stereocenters. The first-order chi connectivity index (χ1) is 9.15. The molecule has 3 heteroatoms. The smallest absolute Gasteiger partial charge is 0.125 e. The molecule has 0 bridgehead atoms. The zero-order valence-electron chi connectivity index (χ0n) is 12.3. The monoisotopic (exact) mass is 283 g/mol. The summed E-state index contributed by atoms with van der Waals surface area (Å²) in [6.45, 7) is 9.11. The summed E-state index contributed by atoms with van der Waals surface area (Å²) in [5.74, 6) is 1.55. The van der Waals surface area contributed by atoms with Crippen LogP contribution in [-0.4, -0.2) is 13.2 Å². The maximum atomic E-state index is 6.26. The quantitative estimate of drug-likeness (QED) is 0.666. The first-order valence-corrected chi connectivity index (χ1v) is 7.63. The lowest BCUT2D eigenvalue weighted by Crippen LogP contribution is -2.19. The van der Waals surface area contributed by atoms with Crippen molar-refractivity contribution in [3.63, 3.8) is 0 Å². The Bertz CT molecular complexity index is 366. The van der Waals surface area contributed by atoms with Crippen molar-refractivity contribution in [3.05, 3.63) is 28.8 Å². The second-order valence-electron chi connectivity index (χ2n) is 5.30. The Labute approximate surface area is 122 Å². The number of nitrogens with one attached hydrogen (secondary N) is 1. The Hall–Kier alpha value is -0.730. The molecular weight excluding hydrogens is 258 g/mol. The normalized spacial score (nSPS) is 11.0. The van der Waals surface area contributed by atoms with E-state index in [0.717, 1.165) is 42.5 Å². The van der Waals surface area contributed by atoms with Gasteiger partial charge in [0.15, 0.2) is 0 Å². The van der Waals surface area contributed by atoms with E-state index < -0.39 is 0 Å². The maximum Gasteiger partial charge on any atom is 0.125 e. The number of unbranched alkanes of at least 4 members (excludes halogenated alkanes) is 2. The number of ether oxygens (including phenoxy) is 1. The molecule has 0 spiro atoms. The lowest BCUT2D eigenvalue weighted by molar-refractivity contribution is 0.302. The molecule has 0 unspecified atom stereocenters. The van der Waals surface area contributed by atoms with E-state index in [4.69, 9.17) is 16.3 Å². The summed E-state index contributed by atoms with van der Waals surface area (Å²) in [6.07, 6.45) is 3.52. The van der Waals surface area contributed by atoms with Crippen molar-refractivity contribution >= 4 is 11.6 Å². The van der Waals surface area contributed by atoms with Crippen LogP contribution in [0.2, 0.25) is 5.02 Å². The Morgan fingerprint density at radius 2 is 2.05 bits per heavy atom. The summed E-state index contributed by atoms with van der Waals surface area (Å²) in [5.41, 5.74) is 1.07. The second kappa shape index (κ2) is 9.22. The van der Waals surface area contributed by atoms with Crippen LogP contribution in [0.5, 0.6) is 5.75 Å². The zero-order valence-corrected chi connectivity index (χ0v) is 13.1. The summed E-state index contributed by atoms with van der Waals surface area (Å²) in [5, 5.41) is 4.20. The average Bonchev–Trinajstić information content (AvgIpc) is 2.37. The third-order valence-corrected chi connectivity index (χ3v) is 3.29. The van der Waals surface area contributed by atoms with Gasteiger partial charge in [0.2, 0.25) is 0 Å². The Morgan fingerprint density at radius 3 is 2.74 bits per heavy atom. The topological polar surface area (TPSA) is 21.3 Å². The van der Waals surface area contributed by atoms with Crippen molar-refractivity contribution in [1.29, 1.82) is 0 Å². The van der Waals surface area contributed by atoms with E-state index >= 15 is 0 Å². The van der Waals surface area contributed by atoms with Gasteiger partial charge in [-0.1, -0.05) is 51.3 Å². The van der Waals surface area contributed by atoms with Gasteiger partial charge in [0.25, 0.3) is 0 Å². The largest absolute Gasteiger partial charge is 0.493 e. The van der Waals surface area contributed by atoms with E-state index in [1.54, 1.807) is 0 Å². The van der Waals surface area contributed by atoms with Crippen molar-refractivity contribution < 1.29 is 4.74 Å². The second-order valence-corrected chi connectivity index (χ2v) is 5.70. The average molecular weight is 284 g/mol. The van der Waals surface area contributed by atoms with Crippen molar-refractivity contribution in [2.45, 2.75) is 46.6 Å². The summed E-state index contributed by atoms with van der Waals surface area (Å²) in [6, 6.07) is 5.88. The minimum atomic E-state index is 0.636. The molecule has 0 amide bonds. The molecule has 0 radical (unpaired) electrons. The fourth-order valence-corrected chi connectivity index (χ4v) is 2.10. The molecule has 0 aromatic heterocycles. The third-order valence-electron chi connectivity index (χ3n) is 2.94. The summed E-state index contributed by atoms with van der Waals surface area (Å²) in [4.78, 5) is 0. The van der Waals surface area contributed by atoms with Crippen LogP contribution in [-0.2, 0) is 6.54 Å². The Balaban J connectivity index is 2.56. The lowest BCUT2D eigenvalue weighted by Gasteiger charge is -2.14. The van der Waals surface area contributed by atoms with Crippen LogP contribution in [0.3, 0.4) is 0 Å². The van der Waals surface area contributed by atoms with Crippen molar-refractivity contribution in [2.75, 3.05) is 13.2 Å². The predicted molar refractivity (Wildman–Crippen MR) is 83.0 cm³/mol. The molecule has 0 aliphatic heterocycles. The maximum absolute atomic E-state index is 6.26. The number of hydrogen-bond donors (Lipinski definition) is 1. The molecular formula is C16H26ClNO. The van der Waals surface area contributed by atoms with Crippen molar-refractivity contribution in [2.24, 2.45) is 5.92 Å². The first kappa shape index (κ1) is 16.3. The lowest BCUT2D eigenvalue weighted by atomic mass is 10.1. The molecule has 108 valence electrons. The minimum Gasteiger partial charge on any atom is -0.493 e. The Kier molecular flexibility index (Phi) is 7.92. The van der Waals surface area contributed by atoms with Crippen molar-refractivity contribution in [1.82, 2.24) is 5.32 Å². The minimum absolute atomic E-state index is 0.636. The molecule has 19 heavy (non-hydrogen) atoms. The van der Waals surface area contributed by atoms with E-state index in [2.05, 4.69) is 26.1 Å². The number of rotatable bonds is 9. The van der Waals surface area contributed by atoms with Gasteiger partial charge in [-0.25, -0.2) is 0 Å². The van der Waals surface area contributed by atoms with Gasteiger partial charge in [0, 0.05) is 17.1 Å². The van der Waals surface area contributed by atoms with Gasteiger partial charge in [0.1, 0.15) is 5.75 Å². The van der Waals surface area contributed by atoms with Crippen LogP contribution >= 0.6 is 11.6 Å². The van der Waals surface area contributed by atoms with Crippen LogP contribution in [0, 0.1) is 5.92 Å². The molecule has 0 saturated heterocycles. The molecule has 0 fully saturated rings. The highest BCUT2D eigenvalue weighted by molar-refractivity contribution is 6.31. The van der Waals surface area contributed by atoms with E-state index in [1.807, 2.05) is 18.2 Å². The van der Waals surface area contributed by atoms with Crippen molar-refractivity contribution in [3.8, 4) is 5.75 Å². The highest BCUT2D eigenvalue weighted by atomic mass is 35.5. The van der Waals surface area contributed by atoms with Crippen LogP contribution in [0.25, 0.3) is 0 Å². The standard InChI is InChI=1S/C16H26ClNO/c1-4-5-6-10-19-16-9-7-8-15(17)14(16)12-18-11-13(2)3/h7-9,13,18H,4-6,10-12H2,1-3H3. The predicted octanol–water partition coefficient (Wildman–Crippen LogP) is 4.65. The number of hydrogen-bond acceptors (Lipinski definition) is 2. The van der Waals surface area contributed by atoms with Gasteiger partial charge < -0.3 is 10.1 Å². The van der Waals surface area contributed by atoms with E-state index in [1.165, 1.54) is 12.8 Å². The molecule has 0 saturated carbocycles. The highest BCUT2D eigenvalue weighted by Gasteiger charge is 2.08.